The van der Waals surface area contributed by atoms with Crippen molar-refractivity contribution in [3.05, 3.63) is 18.2 Å². The number of piperazine rings is 1. The topological polar surface area (TPSA) is 45.4 Å². The molecular weight excluding hydrogens is 256 g/mol. The van der Waals surface area contributed by atoms with Gasteiger partial charge in [0.25, 0.3) is 0 Å². The van der Waals surface area contributed by atoms with E-state index in [0.717, 1.165) is 35.5 Å². The molecule has 2 heterocycles. The van der Waals surface area contributed by atoms with E-state index in [4.69, 9.17) is 10.7 Å². The summed E-state index contributed by atoms with van der Waals surface area (Å²) < 4.78 is 1.19. The summed E-state index contributed by atoms with van der Waals surface area (Å²) in [4.78, 5) is 9.78. The Morgan fingerprint density at radius 3 is 2.68 bits per heavy atom. The third-order valence-electron chi connectivity index (χ3n) is 4.05. The maximum atomic E-state index is 5.83. The van der Waals surface area contributed by atoms with Gasteiger partial charge in [-0.05, 0) is 31.0 Å². The number of thiazole rings is 1. The SMILES string of the molecule is Nc1ccc2nc(N3CCN(C4CC4)CC3)sc2c1. The first-order valence-corrected chi connectivity index (χ1v) is 7.76. The van der Waals surface area contributed by atoms with Crippen LogP contribution in [0.4, 0.5) is 10.8 Å². The van der Waals surface area contributed by atoms with Crippen molar-refractivity contribution in [1.82, 2.24) is 9.88 Å². The molecule has 4 rings (SSSR count). The van der Waals surface area contributed by atoms with Crippen molar-refractivity contribution in [2.24, 2.45) is 0 Å². The van der Waals surface area contributed by atoms with Gasteiger partial charge < -0.3 is 10.6 Å². The van der Waals surface area contributed by atoms with Gasteiger partial charge in [0.15, 0.2) is 5.13 Å². The second kappa shape index (κ2) is 4.35. The number of aromatic nitrogens is 1. The first-order chi connectivity index (χ1) is 9.29. The third-order valence-corrected chi connectivity index (χ3v) is 5.13. The summed E-state index contributed by atoms with van der Waals surface area (Å²) in [6.07, 6.45) is 2.81. The number of hydrogen-bond acceptors (Lipinski definition) is 5. The number of anilines is 2. The molecule has 2 aliphatic rings. The zero-order chi connectivity index (χ0) is 12.8. The number of rotatable bonds is 2. The Morgan fingerprint density at radius 1 is 1.16 bits per heavy atom. The van der Waals surface area contributed by atoms with Crippen molar-refractivity contribution in [3.63, 3.8) is 0 Å². The fraction of sp³-hybridized carbons (Fsp3) is 0.500. The molecule has 4 nitrogen and oxygen atoms in total. The van der Waals surface area contributed by atoms with Crippen LogP contribution in [0.3, 0.4) is 0 Å². The lowest BCUT2D eigenvalue weighted by molar-refractivity contribution is 0.248. The molecule has 0 amide bonds. The Balaban J connectivity index is 1.54. The van der Waals surface area contributed by atoms with Crippen LogP contribution in [0.25, 0.3) is 10.2 Å². The second-order valence-electron chi connectivity index (χ2n) is 5.48. The van der Waals surface area contributed by atoms with E-state index in [0.29, 0.717) is 0 Å². The normalized spacial score (nSPS) is 21.2. The highest BCUT2D eigenvalue weighted by Crippen LogP contribution is 2.32. The predicted octanol–water partition coefficient (Wildman–Crippen LogP) is 2.16. The quantitative estimate of drug-likeness (QED) is 0.853. The van der Waals surface area contributed by atoms with Crippen molar-refractivity contribution >= 4 is 32.4 Å². The van der Waals surface area contributed by atoms with E-state index in [2.05, 4.69) is 9.80 Å². The van der Waals surface area contributed by atoms with Crippen LogP contribution < -0.4 is 10.6 Å². The van der Waals surface area contributed by atoms with E-state index in [1.54, 1.807) is 11.3 Å². The molecule has 1 aromatic carbocycles. The minimum atomic E-state index is 0.821. The van der Waals surface area contributed by atoms with Crippen LogP contribution in [-0.2, 0) is 0 Å². The molecule has 2 fully saturated rings. The molecule has 0 spiro atoms. The lowest BCUT2D eigenvalue weighted by atomic mass is 10.3. The Kier molecular flexibility index (Phi) is 2.63. The summed E-state index contributed by atoms with van der Waals surface area (Å²) >= 11 is 1.76. The molecule has 1 saturated carbocycles. The van der Waals surface area contributed by atoms with E-state index < -0.39 is 0 Å². The molecule has 2 N–H and O–H groups in total. The Bertz CT molecular complexity index is 597. The maximum Gasteiger partial charge on any atom is 0.186 e. The van der Waals surface area contributed by atoms with Gasteiger partial charge in [-0.15, -0.1) is 0 Å². The monoisotopic (exact) mass is 274 g/mol. The summed E-state index contributed by atoms with van der Waals surface area (Å²) in [6.45, 7) is 4.57. The summed E-state index contributed by atoms with van der Waals surface area (Å²) in [7, 11) is 0. The fourth-order valence-electron chi connectivity index (χ4n) is 2.78. The van der Waals surface area contributed by atoms with Crippen LogP contribution >= 0.6 is 11.3 Å². The van der Waals surface area contributed by atoms with Crippen molar-refractivity contribution in [2.75, 3.05) is 36.8 Å². The summed E-state index contributed by atoms with van der Waals surface area (Å²) in [5.74, 6) is 0. The number of nitrogens with zero attached hydrogens (tertiary/aromatic N) is 3. The zero-order valence-electron chi connectivity index (χ0n) is 10.9. The molecule has 19 heavy (non-hydrogen) atoms. The zero-order valence-corrected chi connectivity index (χ0v) is 11.7. The van der Waals surface area contributed by atoms with Crippen LogP contribution in [0.5, 0.6) is 0 Å². The Labute approximate surface area is 116 Å². The summed E-state index contributed by atoms with van der Waals surface area (Å²) in [6, 6.07) is 6.86. The molecule has 1 saturated heterocycles. The molecule has 0 unspecified atom stereocenters. The van der Waals surface area contributed by atoms with Crippen LogP contribution in [0.15, 0.2) is 18.2 Å². The minimum absolute atomic E-state index is 0.821. The molecule has 0 atom stereocenters. The van der Waals surface area contributed by atoms with Crippen molar-refractivity contribution in [2.45, 2.75) is 18.9 Å². The van der Waals surface area contributed by atoms with Gasteiger partial charge in [-0.3, -0.25) is 4.90 Å². The molecule has 1 aliphatic heterocycles. The maximum absolute atomic E-state index is 5.83. The number of nitrogens with two attached hydrogens (primary N) is 1. The molecule has 1 aliphatic carbocycles. The summed E-state index contributed by atoms with van der Waals surface area (Å²) in [5, 5.41) is 1.15. The van der Waals surface area contributed by atoms with Gasteiger partial charge in [-0.1, -0.05) is 11.3 Å². The smallest absolute Gasteiger partial charge is 0.186 e. The van der Waals surface area contributed by atoms with Gasteiger partial charge in [-0.25, -0.2) is 4.98 Å². The van der Waals surface area contributed by atoms with Crippen molar-refractivity contribution in [3.8, 4) is 0 Å². The Hall–Kier alpha value is -1.33. The fourth-order valence-corrected chi connectivity index (χ4v) is 3.85. The second-order valence-corrected chi connectivity index (χ2v) is 6.49. The first-order valence-electron chi connectivity index (χ1n) is 6.95. The van der Waals surface area contributed by atoms with Crippen molar-refractivity contribution < 1.29 is 0 Å². The van der Waals surface area contributed by atoms with E-state index in [1.165, 1.54) is 30.6 Å². The number of hydrogen-bond donors (Lipinski definition) is 1. The highest BCUT2D eigenvalue weighted by molar-refractivity contribution is 7.22. The average molecular weight is 274 g/mol. The van der Waals surface area contributed by atoms with Crippen molar-refractivity contribution in [1.29, 1.82) is 0 Å². The van der Waals surface area contributed by atoms with Crippen LogP contribution in [0, 0.1) is 0 Å². The van der Waals surface area contributed by atoms with E-state index >= 15 is 0 Å². The van der Waals surface area contributed by atoms with Gasteiger partial charge in [0.05, 0.1) is 10.2 Å². The van der Waals surface area contributed by atoms with Crippen LogP contribution in [0.1, 0.15) is 12.8 Å². The van der Waals surface area contributed by atoms with E-state index in [9.17, 15) is 0 Å². The molecule has 0 bridgehead atoms. The molecule has 100 valence electrons. The standard InChI is InChI=1S/C14H18N4S/c15-10-1-4-12-13(9-10)19-14(16-12)18-7-5-17(6-8-18)11-2-3-11/h1,4,9,11H,2-3,5-8,15H2. The first kappa shape index (κ1) is 11.5. The number of fused-ring (bicyclic) bond motifs is 1. The van der Waals surface area contributed by atoms with Crippen LogP contribution in [0.2, 0.25) is 0 Å². The van der Waals surface area contributed by atoms with Gasteiger partial charge in [-0.2, -0.15) is 0 Å². The number of nitrogen functional groups attached to an aromatic ring is 1. The molecular formula is C14H18N4S. The van der Waals surface area contributed by atoms with E-state index in [1.807, 2.05) is 18.2 Å². The lowest BCUT2D eigenvalue weighted by Gasteiger charge is -2.34. The lowest BCUT2D eigenvalue weighted by Crippen LogP contribution is -2.47. The predicted molar refractivity (Wildman–Crippen MR) is 80.8 cm³/mol. The van der Waals surface area contributed by atoms with Gasteiger partial charge in [0.2, 0.25) is 0 Å². The number of benzene rings is 1. The largest absolute Gasteiger partial charge is 0.399 e. The van der Waals surface area contributed by atoms with E-state index in [-0.39, 0.29) is 0 Å². The Morgan fingerprint density at radius 2 is 1.95 bits per heavy atom. The molecule has 2 aromatic rings. The van der Waals surface area contributed by atoms with Gasteiger partial charge >= 0.3 is 0 Å². The third kappa shape index (κ3) is 2.17. The average Bonchev–Trinajstić information content (AvgIpc) is 3.19. The van der Waals surface area contributed by atoms with Gasteiger partial charge in [0, 0.05) is 37.9 Å². The van der Waals surface area contributed by atoms with Crippen LogP contribution in [-0.4, -0.2) is 42.1 Å². The highest BCUT2D eigenvalue weighted by atomic mass is 32.1. The molecule has 5 heteroatoms. The van der Waals surface area contributed by atoms with Gasteiger partial charge in [0.1, 0.15) is 0 Å². The highest BCUT2D eigenvalue weighted by Gasteiger charge is 2.31. The molecule has 0 radical (unpaired) electrons. The summed E-state index contributed by atoms with van der Waals surface area (Å²) in [5.41, 5.74) is 7.72. The molecule has 1 aromatic heterocycles. The minimum Gasteiger partial charge on any atom is -0.399 e.